The van der Waals surface area contributed by atoms with Crippen molar-refractivity contribution in [1.29, 1.82) is 0 Å². The lowest BCUT2D eigenvalue weighted by Gasteiger charge is -2.22. The summed E-state index contributed by atoms with van der Waals surface area (Å²) >= 11 is 5.90. The number of methoxy groups -OCH3 is 1. The Kier molecular flexibility index (Phi) is 3.44. The third-order valence-electron chi connectivity index (χ3n) is 3.58. The number of aryl methyl sites for hydroxylation is 1. The van der Waals surface area contributed by atoms with Crippen LogP contribution in [-0.2, 0) is 22.5 Å². The molecule has 1 aromatic heterocycles. The molecule has 1 aromatic carbocycles. The van der Waals surface area contributed by atoms with Gasteiger partial charge in [0.25, 0.3) is 0 Å². The van der Waals surface area contributed by atoms with Crippen LogP contribution in [0.15, 0.2) is 24.3 Å². The van der Waals surface area contributed by atoms with Crippen LogP contribution >= 0.6 is 11.6 Å². The Morgan fingerprint density at radius 2 is 2.10 bits per heavy atom. The molecule has 0 saturated heterocycles. The molecule has 0 spiro atoms. The molecule has 0 amide bonds. The largest absolute Gasteiger partial charge is 0.469 e. The molecule has 0 fully saturated rings. The third kappa shape index (κ3) is 2.29. The van der Waals surface area contributed by atoms with Gasteiger partial charge in [-0.2, -0.15) is 0 Å². The van der Waals surface area contributed by atoms with Crippen LogP contribution in [0, 0.1) is 5.92 Å². The number of hydrogen-bond donors (Lipinski definition) is 0. The first-order valence-electron chi connectivity index (χ1n) is 6.45. The van der Waals surface area contributed by atoms with Gasteiger partial charge in [-0.3, -0.25) is 4.79 Å². The predicted molar refractivity (Wildman–Crippen MR) is 74.3 cm³/mol. The van der Waals surface area contributed by atoms with Gasteiger partial charge in [0.1, 0.15) is 5.82 Å². The van der Waals surface area contributed by atoms with Crippen molar-refractivity contribution in [3.63, 3.8) is 0 Å². The van der Waals surface area contributed by atoms with E-state index in [2.05, 4.69) is 10.2 Å². The molecule has 1 atom stereocenters. The number of esters is 1. The second kappa shape index (κ2) is 5.25. The van der Waals surface area contributed by atoms with Gasteiger partial charge in [-0.05, 0) is 30.7 Å². The first-order valence-corrected chi connectivity index (χ1v) is 6.82. The topological polar surface area (TPSA) is 57.0 Å². The SMILES string of the molecule is COC(=O)C1CCc2nnc(-c3ccc(Cl)cc3)n2C1. The van der Waals surface area contributed by atoms with Crippen molar-refractivity contribution in [2.24, 2.45) is 5.92 Å². The van der Waals surface area contributed by atoms with Crippen LogP contribution < -0.4 is 0 Å². The molecule has 1 unspecified atom stereocenters. The summed E-state index contributed by atoms with van der Waals surface area (Å²) in [5, 5.41) is 9.12. The quantitative estimate of drug-likeness (QED) is 0.797. The zero-order valence-electron chi connectivity index (χ0n) is 11.0. The molecule has 0 bridgehead atoms. The van der Waals surface area contributed by atoms with Crippen LogP contribution in [-0.4, -0.2) is 27.8 Å². The smallest absolute Gasteiger partial charge is 0.310 e. The lowest BCUT2D eigenvalue weighted by Crippen LogP contribution is -2.28. The van der Waals surface area contributed by atoms with Crippen LogP contribution in [0.4, 0.5) is 0 Å². The average molecular weight is 292 g/mol. The minimum atomic E-state index is -0.175. The Bertz CT molecular complexity index is 636. The van der Waals surface area contributed by atoms with E-state index < -0.39 is 0 Å². The molecule has 6 heteroatoms. The molecule has 3 rings (SSSR count). The summed E-state index contributed by atoms with van der Waals surface area (Å²) in [5.74, 6) is 1.38. The molecular weight excluding hydrogens is 278 g/mol. The van der Waals surface area contributed by atoms with Crippen molar-refractivity contribution in [1.82, 2.24) is 14.8 Å². The zero-order chi connectivity index (χ0) is 14.1. The van der Waals surface area contributed by atoms with Gasteiger partial charge in [-0.25, -0.2) is 0 Å². The number of hydrogen-bond acceptors (Lipinski definition) is 4. The van der Waals surface area contributed by atoms with E-state index in [1.54, 1.807) is 0 Å². The lowest BCUT2D eigenvalue weighted by atomic mass is 9.99. The maximum absolute atomic E-state index is 11.7. The minimum absolute atomic E-state index is 0.130. The van der Waals surface area contributed by atoms with Gasteiger partial charge < -0.3 is 9.30 Å². The number of carbonyl (C=O) groups is 1. The van der Waals surface area contributed by atoms with Gasteiger partial charge in [-0.1, -0.05) is 11.6 Å². The number of halogens is 1. The first kappa shape index (κ1) is 13.1. The Morgan fingerprint density at radius 3 is 2.80 bits per heavy atom. The average Bonchev–Trinajstić information content (AvgIpc) is 2.90. The van der Waals surface area contributed by atoms with E-state index in [1.165, 1.54) is 7.11 Å². The summed E-state index contributed by atoms with van der Waals surface area (Å²) in [5.41, 5.74) is 0.943. The van der Waals surface area contributed by atoms with E-state index >= 15 is 0 Å². The first-order chi connectivity index (χ1) is 9.69. The van der Waals surface area contributed by atoms with Gasteiger partial charge >= 0.3 is 5.97 Å². The van der Waals surface area contributed by atoms with Crippen molar-refractivity contribution in [3.8, 4) is 11.4 Å². The molecule has 1 aliphatic heterocycles. The Hall–Kier alpha value is -1.88. The Labute approximate surface area is 121 Å². The van der Waals surface area contributed by atoms with Crippen molar-refractivity contribution in [2.75, 3.05) is 7.11 Å². The van der Waals surface area contributed by atoms with Crippen LogP contribution in [0.5, 0.6) is 0 Å². The third-order valence-corrected chi connectivity index (χ3v) is 3.84. The number of fused-ring (bicyclic) bond motifs is 1. The molecule has 104 valence electrons. The number of aromatic nitrogens is 3. The Morgan fingerprint density at radius 1 is 1.35 bits per heavy atom. The van der Waals surface area contributed by atoms with Gasteiger partial charge in [0.15, 0.2) is 5.82 Å². The number of carbonyl (C=O) groups excluding carboxylic acids is 1. The van der Waals surface area contributed by atoms with Crippen molar-refractivity contribution in [2.45, 2.75) is 19.4 Å². The fourth-order valence-electron chi connectivity index (χ4n) is 2.50. The molecule has 0 radical (unpaired) electrons. The van der Waals surface area contributed by atoms with Gasteiger partial charge in [0.05, 0.1) is 13.0 Å². The zero-order valence-corrected chi connectivity index (χ0v) is 11.8. The fraction of sp³-hybridized carbons (Fsp3) is 0.357. The van der Waals surface area contributed by atoms with Crippen LogP contribution in [0.3, 0.4) is 0 Å². The summed E-state index contributed by atoms with van der Waals surface area (Å²) in [6, 6.07) is 7.45. The monoisotopic (exact) mass is 291 g/mol. The van der Waals surface area contributed by atoms with Crippen molar-refractivity contribution >= 4 is 17.6 Å². The summed E-state index contributed by atoms with van der Waals surface area (Å²) in [4.78, 5) is 11.7. The number of ether oxygens (including phenoxy) is 1. The normalized spacial score (nSPS) is 17.6. The van der Waals surface area contributed by atoms with E-state index in [-0.39, 0.29) is 11.9 Å². The number of rotatable bonds is 2. The van der Waals surface area contributed by atoms with Gasteiger partial charge in [0, 0.05) is 23.6 Å². The summed E-state index contributed by atoms with van der Waals surface area (Å²) < 4.78 is 6.83. The molecule has 0 N–H and O–H groups in total. The highest BCUT2D eigenvalue weighted by Crippen LogP contribution is 2.27. The lowest BCUT2D eigenvalue weighted by molar-refractivity contribution is -0.146. The van der Waals surface area contributed by atoms with E-state index in [0.29, 0.717) is 11.6 Å². The molecule has 2 aromatic rings. The molecule has 1 aliphatic rings. The number of nitrogens with zero attached hydrogens (tertiary/aromatic N) is 3. The van der Waals surface area contributed by atoms with Gasteiger partial charge in [-0.15, -0.1) is 10.2 Å². The summed E-state index contributed by atoms with van der Waals surface area (Å²) in [6.45, 7) is 0.562. The molecule has 5 nitrogen and oxygen atoms in total. The highest BCUT2D eigenvalue weighted by molar-refractivity contribution is 6.30. The van der Waals surface area contributed by atoms with Crippen molar-refractivity contribution < 1.29 is 9.53 Å². The maximum Gasteiger partial charge on any atom is 0.310 e. The number of benzene rings is 1. The van der Waals surface area contributed by atoms with E-state index in [4.69, 9.17) is 16.3 Å². The maximum atomic E-state index is 11.7. The molecule has 2 heterocycles. The highest BCUT2D eigenvalue weighted by atomic mass is 35.5. The van der Waals surface area contributed by atoms with Crippen molar-refractivity contribution in [3.05, 3.63) is 35.1 Å². The second-order valence-electron chi connectivity index (χ2n) is 4.82. The van der Waals surface area contributed by atoms with E-state index in [1.807, 2.05) is 28.8 Å². The highest BCUT2D eigenvalue weighted by Gasteiger charge is 2.28. The van der Waals surface area contributed by atoms with E-state index in [0.717, 1.165) is 30.1 Å². The molecule has 0 aliphatic carbocycles. The standard InChI is InChI=1S/C14H14ClN3O2/c1-20-14(19)10-4-7-12-16-17-13(18(12)8-10)9-2-5-11(15)6-3-9/h2-3,5-6,10H,4,7-8H2,1H3. The fourth-order valence-corrected chi connectivity index (χ4v) is 2.62. The molecule has 20 heavy (non-hydrogen) atoms. The van der Waals surface area contributed by atoms with Crippen LogP contribution in [0.1, 0.15) is 12.2 Å². The van der Waals surface area contributed by atoms with Gasteiger partial charge in [0.2, 0.25) is 0 Å². The molecular formula is C14H14ClN3O2. The molecule has 0 saturated carbocycles. The predicted octanol–water partition coefficient (Wildman–Crippen LogP) is 2.33. The van der Waals surface area contributed by atoms with Crippen LogP contribution in [0.25, 0.3) is 11.4 Å². The summed E-state index contributed by atoms with van der Waals surface area (Å²) in [7, 11) is 1.42. The Balaban J connectivity index is 1.94. The minimum Gasteiger partial charge on any atom is -0.469 e. The van der Waals surface area contributed by atoms with Crippen LogP contribution in [0.2, 0.25) is 5.02 Å². The van der Waals surface area contributed by atoms with E-state index in [9.17, 15) is 4.79 Å². The second-order valence-corrected chi connectivity index (χ2v) is 5.25. The summed E-state index contributed by atoms with van der Waals surface area (Å²) in [6.07, 6.45) is 1.49.